The third-order valence-electron chi connectivity index (χ3n) is 3.84. The predicted molar refractivity (Wildman–Crippen MR) is 79.4 cm³/mol. The van der Waals surface area contributed by atoms with Gasteiger partial charge in [-0.25, -0.2) is 0 Å². The largest absolute Gasteiger partial charge is 1.00 e. The Hall–Kier alpha value is -1.12. The van der Waals surface area contributed by atoms with Crippen LogP contribution in [0.5, 0.6) is 0 Å². The summed E-state index contributed by atoms with van der Waals surface area (Å²) in [6.45, 7) is 5.61. The molecule has 0 aliphatic heterocycles. The summed E-state index contributed by atoms with van der Waals surface area (Å²) in [6, 6.07) is 22.1. The highest BCUT2D eigenvalue weighted by Crippen LogP contribution is 2.26. The van der Waals surface area contributed by atoms with Crippen molar-refractivity contribution in [3.05, 3.63) is 66.2 Å². The Bertz CT molecular complexity index is 481. The molecular formula is C17H22BrN. The van der Waals surface area contributed by atoms with Crippen LogP contribution in [0.4, 0.5) is 5.69 Å². The standard InChI is InChI=1S/C17H22N.BrH/c1-15(2)18(3,17-12-8-5-9-13-17)14-16-10-6-4-7-11-16;/h4-13,15H,14H2,1-3H3;1H/q+1;/p-1. The van der Waals surface area contributed by atoms with Crippen molar-refractivity contribution in [3.8, 4) is 0 Å². The number of halogens is 1. The lowest BCUT2D eigenvalue weighted by Gasteiger charge is -2.38. The van der Waals surface area contributed by atoms with Gasteiger partial charge < -0.3 is 17.0 Å². The summed E-state index contributed by atoms with van der Waals surface area (Å²) in [5, 5.41) is 0. The summed E-state index contributed by atoms with van der Waals surface area (Å²) in [5.41, 5.74) is 2.76. The second-order valence-electron chi connectivity index (χ2n) is 5.34. The summed E-state index contributed by atoms with van der Waals surface area (Å²) >= 11 is 0. The van der Waals surface area contributed by atoms with Gasteiger partial charge in [0.25, 0.3) is 0 Å². The molecular weight excluding hydrogens is 298 g/mol. The van der Waals surface area contributed by atoms with E-state index in [1.54, 1.807) is 0 Å². The molecule has 2 heteroatoms. The summed E-state index contributed by atoms with van der Waals surface area (Å²) < 4.78 is 0.935. The van der Waals surface area contributed by atoms with Crippen molar-refractivity contribution in [1.82, 2.24) is 4.48 Å². The molecule has 0 aliphatic rings. The first-order valence-electron chi connectivity index (χ1n) is 6.57. The van der Waals surface area contributed by atoms with Crippen LogP contribution in [0.2, 0.25) is 0 Å². The van der Waals surface area contributed by atoms with E-state index in [4.69, 9.17) is 0 Å². The van der Waals surface area contributed by atoms with E-state index >= 15 is 0 Å². The van der Waals surface area contributed by atoms with Crippen LogP contribution in [-0.2, 0) is 6.54 Å². The number of benzene rings is 2. The van der Waals surface area contributed by atoms with E-state index in [1.807, 2.05) is 0 Å². The maximum atomic E-state index is 2.31. The summed E-state index contributed by atoms with van der Waals surface area (Å²) in [4.78, 5) is 0. The zero-order chi connectivity index (χ0) is 13.0. The van der Waals surface area contributed by atoms with Crippen LogP contribution >= 0.6 is 0 Å². The van der Waals surface area contributed by atoms with E-state index in [0.717, 1.165) is 11.0 Å². The molecule has 2 rings (SSSR count). The molecule has 1 unspecified atom stereocenters. The van der Waals surface area contributed by atoms with Crippen LogP contribution in [-0.4, -0.2) is 13.1 Å². The topological polar surface area (TPSA) is 0 Å². The number of nitrogens with zero attached hydrogens (tertiary/aromatic N) is 1. The average Bonchev–Trinajstić information content (AvgIpc) is 2.40. The lowest BCUT2D eigenvalue weighted by Crippen LogP contribution is -3.00. The molecule has 0 amide bonds. The van der Waals surface area contributed by atoms with Crippen molar-refractivity contribution in [2.24, 2.45) is 0 Å². The van der Waals surface area contributed by atoms with Gasteiger partial charge in [0.05, 0.1) is 13.1 Å². The molecule has 0 aromatic heterocycles. The van der Waals surface area contributed by atoms with Crippen molar-refractivity contribution in [2.45, 2.75) is 26.4 Å². The van der Waals surface area contributed by atoms with E-state index in [9.17, 15) is 0 Å². The minimum atomic E-state index is 0. The maximum absolute atomic E-state index is 2.31. The van der Waals surface area contributed by atoms with Crippen LogP contribution in [0.3, 0.4) is 0 Å². The number of para-hydroxylation sites is 1. The lowest BCUT2D eigenvalue weighted by atomic mass is 10.1. The Morgan fingerprint density at radius 2 is 1.32 bits per heavy atom. The first kappa shape index (κ1) is 15.9. The molecule has 1 atom stereocenters. The zero-order valence-electron chi connectivity index (χ0n) is 11.9. The van der Waals surface area contributed by atoms with Crippen molar-refractivity contribution in [3.63, 3.8) is 0 Å². The number of rotatable bonds is 4. The van der Waals surface area contributed by atoms with E-state index in [1.165, 1.54) is 11.3 Å². The van der Waals surface area contributed by atoms with Gasteiger partial charge >= 0.3 is 0 Å². The van der Waals surface area contributed by atoms with Gasteiger partial charge in [-0.15, -0.1) is 0 Å². The van der Waals surface area contributed by atoms with Gasteiger partial charge in [-0.2, -0.15) is 0 Å². The quantitative estimate of drug-likeness (QED) is 0.744. The molecule has 1 nitrogen and oxygen atoms in total. The molecule has 19 heavy (non-hydrogen) atoms. The third-order valence-corrected chi connectivity index (χ3v) is 3.84. The Balaban J connectivity index is 0.00000180. The van der Waals surface area contributed by atoms with Gasteiger partial charge in [0.1, 0.15) is 12.2 Å². The second-order valence-corrected chi connectivity index (χ2v) is 5.34. The molecule has 0 spiro atoms. The zero-order valence-corrected chi connectivity index (χ0v) is 13.5. The Labute approximate surface area is 127 Å². The molecule has 102 valence electrons. The monoisotopic (exact) mass is 319 g/mol. The molecule has 0 bridgehead atoms. The molecule has 2 aromatic carbocycles. The SMILES string of the molecule is CC(C)[N+](C)(Cc1ccccc1)c1ccccc1.[Br-]. The van der Waals surface area contributed by atoms with Crippen LogP contribution in [0.1, 0.15) is 19.4 Å². The van der Waals surface area contributed by atoms with E-state index < -0.39 is 0 Å². The second kappa shape index (κ2) is 6.88. The van der Waals surface area contributed by atoms with Gasteiger partial charge in [-0.3, -0.25) is 4.48 Å². The fraction of sp³-hybridized carbons (Fsp3) is 0.294. The number of hydrogen-bond donors (Lipinski definition) is 0. The van der Waals surface area contributed by atoms with Gasteiger partial charge in [0, 0.05) is 5.56 Å². The Morgan fingerprint density at radius 3 is 1.79 bits per heavy atom. The van der Waals surface area contributed by atoms with Crippen molar-refractivity contribution >= 4 is 5.69 Å². The molecule has 0 saturated carbocycles. The van der Waals surface area contributed by atoms with Crippen molar-refractivity contribution in [1.29, 1.82) is 0 Å². The molecule has 0 N–H and O–H groups in total. The van der Waals surface area contributed by atoms with Crippen molar-refractivity contribution < 1.29 is 17.0 Å². The summed E-state index contributed by atoms with van der Waals surface area (Å²) in [6.07, 6.45) is 0. The number of quaternary nitrogens is 1. The molecule has 0 heterocycles. The fourth-order valence-corrected chi connectivity index (χ4v) is 2.30. The lowest BCUT2D eigenvalue weighted by molar-refractivity contribution is -0.00000385. The van der Waals surface area contributed by atoms with Gasteiger partial charge in [0.15, 0.2) is 0 Å². The van der Waals surface area contributed by atoms with Crippen LogP contribution < -0.4 is 21.5 Å². The minimum absolute atomic E-state index is 0. The van der Waals surface area contributed by atoms with Gasteiger partial charge in [0.2, 0.25) is 0 Å². The molecule has 2 aromatic rings. The smallest absolute Gasteiger partial charge is 0.133 e. The highest BCUT2D eigenvalue weighted by atomic mass is 79.9. The molecule has 0 aliphatic carbocycles. The highest BCUT2D eigenvalue weighted by Gasteiger charge is 2.28. The molecule has 0 fully saturated rings. The predicted octanol–water partition coefficient (Wildman–Crippen LogP) is 1.24. The van der Waals surface area contributed by atoms with E-state index in [0.29, 0.717) is 6.04 Å². The molecule has 0 saturated heterocycles. The van der Waals surface area contributed by atoms with Crippen LogP contribution in [0.25, 0.3) is 0 Å². The summed E-state index contributed by atoms with van der Waals surface area (Å²) in [5.74, 6) is 0. The fourth-order valence-electron chi connectivity index (χ4n) is 2.30. The van der Waals surface area contributed by atoms with E-state index in [-0.39, 0.29) is 17.0 Å². The molecule has 0 radical (unpaired) electrons. The van der Waals surface area contributed by atoms with Crippen LogP contribution in [0, 0.1) is 0 Å². The van der Waals surface area contributed by atoms with E-state index in [2.05, 4.69) is 81.6 Å². The normalized spacial score (nSPS) is 13.7. The van der Waals surface area contributed by atoms with Crippen LogP contribution in [0.15, 0.2) is 60.7 Å². The Morgan fingerprint density at radius 1 is 0.842 bits per heavy atom. The minimum Gasteiger partial charge on any atom is -1.00 e. The first-order valence-corrected chi connectivity index (χ1v) is 6.57. The van der Waals surface area contributed by atoms with Gasteiger partial charge in [-0.05, 0) is 26.0 Å². The van der Waals surface area contributed by atoms with Crippen molar-refractivity contribution in [2.75, 3.05) is 7.05 Å². The highest BCUT2D eigenvalue weighted by molar-refractivity contribution is 5.43. The first-order chi connectivity index (χ1) is 8.63. The maximum Gasteiger partial charge on any atom is 0.133 e. The summed E-state index contributed by atoms with van der Waals surface area (Å²) in [7, 11) is 2.31. The third kappa shape index (κ3) is 3.68. The van der Waals surface area contributed by atoms with Gasteiger partial charge in [-0.1, -0.05) is 48.5 Å². The average molecular weight is 320 g/mol. The Kier molecular flexibility index (Phi) is 5.77. The number of hydrogen-bond acceptors (Lipinski definition) is 0.